The van der Waals surface area contributed by atoms with Gasteiger partial charge >= 0.3 is 18.0 Å². The van der Waals surface area contributed by atoms with Crippen molar-refractivity contribution in [3.8, 4) is 34.4 Å². The van der Waals surface area contributed by atoms with E-state index in [4.69, 9.17) is 14.2 Å². The Bertz CT molecular complexity index is 1630. The smallest absolute Gasteiger partial charge is 0.416 e. The lowest BCUT2D eigenvalue weighted by molar-refractivity contribution is -0.139. The van der Waals surface area contributed by atoms with E-state index in [2.05, 4.69) is 4.98 Å². The van der Waals surface area contributed by atoms with Gasteiger partial charge in [-0.25, -0.2) is 4.79 Å². The van der Waals surface area contributed by atoms with E-state index >= 15 is 0 Å². The highest BCUT2D eigenvalue weighted by Gasteiger charge is 2.34. The van der Waals surface area contributed by atoms with Gasteiger partial charge in [0.15, 0.2) is 0 Å². The molecule has 0 amide bonds. The molecule has 6 nitrogen and oxygen atoms in total. The number of fused-ring (bicyclic) bond motifs is 3. The maximum Gasteiger partial charge on any atom is 0.416 e. The third-order valence-electron chi connectivity index (χ3n) is 6.34. The summed E-state index contributed by atoms with van der Waals surface area (Å²) in [7, 11) is 1.54. The monoisotopic (exact) mass is 562 g/mol. The predicted molar refractivity (Wildman–Crippen MR) is 131 cm³/mol. The van der Waals surface area contributed by atoms with Gasteiger partial charge in [-0.2, -0.15) is 31.3 Å². The van der Waals surface area contributed by atoms with Crippen LogP contribution in [-0.4, -0.2) is 16.7 Å². The summed E-state index contributed by atoms with van der Waals surface area (Å²) in [5.41, 5.74) is -0.788. The summed E-state index contributed by atoms with van der Waals surface area (Å²) >= 11 is 0. The van der Waals surface area contributed by atoms with Gasteiger partial charge in [0.2, 0.25) is 5.88 Å². The fraction of sp³-hybridized carbons (Fsp3) is 0.214. The van der Waals surface area contributed by atoms with Crippen molar-refractivity contribution in [2.24, 2.45) is 0 Å². The highest BCUT2D eigenvalue weighted by Crippen LogP contribution is 2.38. The average molecular weight is 562 g/mol. The Morgan fingerprint density at radius 2 is 1.62 bits per heavy atom. The van der Waals surface area contributed by atoms with E-state index in [1.54, 1.807) is 12.1 Å². The van der Waals surface area contributed by atoms with Gasteiger partial charge in [-0.15, -0.1) is 0 Å². The van der Waals surface area contributed by atoms with E-state index < -0.39 is 35.8 Å². The number of hydrogen-bond acceptors (Lipinski definition) is 5. The Labute approximate surface area is 223 Å². The second-order valence-corrected chi connectivity index (χ2v) is 8.92. The quantitative estimate of drug-likeness (QED) is 0.240. The first kappa shape index (κ1) is 27.1. The fourth-order valence-electron chi connectivity index (χ4n) is 4.42. The largest absolute Gasteiger partial charge is 0.497 e. The van der Waals surface area contributed by atoms with Gasteiger partial charge < -0.3 is 14.2 Å². The highest BCUT2D eigenvalue weighted by atomic mass is 19.4. The molecule has 0 radical (unpaired) electrons. The van der Waals surface area contributed by atoms with Crippen LogP contribution in [0.5, 0.6) is 23.1 Å². The van der Waals surface area contributed by atoms with Crippen LogP contribution in [0.15, 0.2) is 71.5 Å². The fourth-order valence-corrected chi connectivity index (χ4v) is 4.42. The summed E-state index contributed by atoms with van der Waals surface area (Å²) in [6, 6.07) is 13.6. The van der Waals surface area contributed by atoms with Crippen LogP contribution in [0, 0.1) is 0 Å². The Balaban J connectivity index is 1.40. The molecule has 0 fully saturated rings. The van der Waals surface area contributed by atoms with E-state index in [1.807, 2.05) is 6.07 Å². The molecule has 1 aliphatic heterocycles. The minimum absolute atomic E-state index is 0.155. The van der Waals surface area contributed by atoms with Crippen molar-refractivity contribution >= 4 is 0 Å². The zero-order valence-electron chi connectivity index (χ0n) is 20.8. The molecule has 2 heterocycles. The normalized spacial score (nSPS) is 12.9. The molecule has 5 rings (SSSR count). The molecule has 0 saturated heterocycles. The van der Waals surface area contributed by atoms with Gasteiger partial charge in [0.05, 0.1) is 23.9 Å². The van der Waals surface area contributed by atoms with Gasteiger partial charge in [0.1, 0.15) is 23.9 Å². The van der Waals surface area contributed by atoms with Crippen LogP contribution in [-0.2, 0) is 31.9 Å². The molecule has 0 N–H and O–H groups in total. The average Bonchev–Trinajstić information content (AvgIpc) is 2.91. The van der Waals surface area contributed by atoms with E-state index in [-0.39, 0.29) is 22.9 Å². The Hall–Kier alpha value is -4.48. The van der Waals surface area contributed by atoms with Crippen molar-refractivity contribution in [3.63, 3.8) is 0 Å². The van der Waals surface area contributed by atoms with Crippen LogP contribution in [0.25, 0.3) is 11.3 Å². The molecule has 1 aromatic heterocycles. The molecule has 0 saturated carbocycles. The number of alkyl halides is 6. The van der Waals surface area contributed by atoms with E-state index in [1.165, 1.54) is 29.9 Å². The van der Waals surface area contributed by atoms with Crippen molar-refractivity contribution in [2.45, 2.75) is 31.9 Å². The van der Waals surface area contributed by atoms with E-state index in [9.17, 15) is 31.1 Å². The lowest BCUT2D eigenvalue weighted by Gasteiger charge is -2.22. The number of ether oxygens (including phenoxy) is 3. The van der Waals surface area contributed by atoms with Crippen molar-refractivity contribution in [1.29, 1.82) is 0 Å². The van der Waals surface area contributed by atoms with Crippen LogP contribution < -0.4 is 19.9 Å². The third kappa shape index (κ3) is 5.61. The standard InChI is InChI=1S/C28H20F6N2O4/c1-38-19-7-8-22-16(11-19)9-10-36-24(22)14-25(35-26(36)37)39-15-17-5-6-21(13-23(17)28(32,33)34)40-20-4-2-3-18(12-20)27(29,30)31/h2-8,11-14H,9-10,15H2,1H3. The van der Waals surface area contributed by atoms with Crippen LogP contribution >= 0.6 is 0 Å². The molecular weight excluding hydrogens is 542 g/mol. The van der Waals surface area contributed by atoms with Crippen molar-refractivity contribution < 1.29 is 40.6 Å². The lowest BCUT2D eigenvalue weighted by atomic mass is 9.97. The molecule has 208 valence electrons. The number of aromatic nitrogens is 2. The Kier molecular flexibility index (Phi) is 6.94. The van der Waals surface area contributed by atoms with Crippen molar-refractivity contribution in [3.05, 3.63) is 99.5 Å². The molecule has 3 aromatic carbocycles. The lowest BCUT2D eigenvalue weighted by Crippen LogP contribution is -2.28. The summed E-state index contributed by atoms with van der Waals surface area (Å²) < 4.78 is 98.1. The molecule has 12 heteroatoms. The molecule has 0 atom stereocenters. The van der Waals surface area contributed by atoms with Crippen molar-refractivity contribution in [2.75, 3.05) is 7.11 Å². The summed E-state index contributed by atoms with van der Waals surface area (Å²) in [5, 5.41) is 0. The molecule has 0 unspecified atom stereocenters. The first-order valence-electron chi connectivity index (χ1n) is 11.9. The topological polar surface area (TPSA) is 62.6 Å². The molecule has 0 spiro atoms. The first-order chi connectivity index (χ1) is 18.9. The highest BCUT2D eigenvalue weighted by molar-refractivity contribution is 5.67. The number of benzene rings is 3. The van der Waals surface area contributed by atoms with Crippen LogP contribution in [0.4, 0.5) is 26.3 Å². The van der Waals surface area contributed by atoms with Gasteiger partial charge in [-0.05, 0) is 60.5 Å². The van der Waals surface area contributed by atoms with Crippen LogP contribution in [0.3, 0.4) is 0 Å². The van der Waals surface area contributed by atoms with Gasteiger partial charge in [-0.3, -0.25) is 4.57 Å². The van der Waals surface area contributed by atoms with E-state index in [0.29, 0.717) is 36.5 Å². The van der Waals surface area contributed by atoms with Gasteiger partial charge in [-0.1, -0.05) is 12.1 Å². The molecule has 0 bridgehead atoms. The number of nitrogens with zero attached hydrogens (tertiary/aromatic N) is 2. The minimum Gasteiger partial charge on any atom is -0.497 e. The zero-order valence-corrected chi connectivity index (χ0v) is 20.8. The third-order valence-corrected chi connectivity index (χ3v) is 6.34. The first-order valence-corrected chi connectivity index (χ1v) is 11.9. The maximum absolute atomic E-state index is 13.9. The van der Waals surface area contributed by atoms with Crippen molar-refractivity contribution in [1.82, 2.24) is 9.55 Å². The van der Waals surface area contributed by atoms with Crippen LogP contribution in [0.2, 0.25) is 0 Å². The van der Waals surface area contributed by atoms with Gasteiger partial charge in [0.25, 0.3) is 0 Å². The number of methoxy groups -OCH3 is 1. The zero-order chi connectivity index (χ0) is 28.7. The molecule has 4 aromatic rings. The summed E-state index contributed by atoms with van der Waals surface area (Å²) in [5.74, 6) is -0.0891. The number of aryl methyl sites for hydroxylation is 1. The molecular formula is C28H20F6N2O4. The van der Waals surface area contributed by atoms with E-state index in [0.717, 1.165) is 29.3 Å². The Morgan fingerprint density at radius 3 is 2.35 bits per heavy atom. The molecule has 0 aliphatic carbocycles. The maximum atomic E-state index is 13.9. The van der Waals surface area contributed by atoms with Gasteiger partial charge in [0, 0.05) is 23.7 Å². The number of hydrogen-bond donors (Lipinski definition) is 0. The summed E-state index contributed by atoms with van der Waals surface area (Å²) in [6.45, 7) is -0.211. The second-order valence-electron chi connectivity index (χ2n) is 8.92. The number of rotatable bonds is 6. The molecule has 1 aliphatic rings. The molecule has 40 heavy (non-hydrogen) atoms. The predicted octanol–water partition coefficient (Wildman–Crippen LogP) is 6.88. The minimum atomic E-state index is -4.83. The Morgan fingerprint density at radius 1 is 0.875 bits per heavy atom. The SMILES string of the molecule is COc1ccc2c(c1)CCn1c-2cc(OCc2ccc(Oc3cccc(C(F)(F)F)c3)cc2C(F)(F)F)nc1=O. The van der Waals surface area contributed by atoms with Crippen LogP contribution in [0.1, 0.15) is 22.3 Å². The number of halogens is 6. The second kappa shape index (κ2) is 10.2. The summed E-state index contributed by atoms with van der Waals surface area (Å²) in [6.07, 6.45) is -8.89. The summed E-state index contributed by atoms with van der Waals surface area (Å²) in [4.78, 5) is 16.5.